The number of unbranched alkanes of at least 4 members (excludes halogenated alkanes) is 1. The van der Waals surface area contributed by atoms with E-state index in [0.717, 1.165) is 55.7 Å². The minimum absolute atomic E-state index is 0. The van der Waals surface area contributed by atoms with Gasteiger partial charge in [-0.15, -0.1) is 30.7 Å². The van der Waals surface area contributed by atoms with Gasteiger partial charge in [-0.1, -0.05) is 70.9 Å². The van der Waals surface area contributed by atoms with Crippen LogP contribution in [0.3, 0.4) is 0 Å². The van der Waals surface area contributed by atoms with Gasteiger partial charge in [-0.2, -0.15) is 4.58 Å². The number of rotatable bonds is 17. The summed E-state index contributed by atoms with van der Waals surface area (Å²) in [6.07, 6.45) is 7.00. The van der Waals surface area contributed by atoms with E-state index in [1.165, 1.54) is 58.8 Å². The largest absolute Gasteiger partial charge is 1.00 e. The Kier molecular flexibility index (Phi) is 35.6. The molecule has 6 aromatic carbocycles. The first kappa shape index (κ1) is 77.6. The van der Waals surface area contributed by atoms with E-state index >= 15 is 0 Å². The molecule has 0 aromatic heterocycles. The van der Waals surface area contributed by atoms with Crippen LogP contribution in [0.1, 0.15) is 111 Å². The van der Waals surface area contributed by atoms with Gasteiger partial charge in [-0.25, -0.2) is 18.6 Å². The van der Waals surface area contributed by atoms with Crippen molar-refractivity contribution in [2.75, 3.05) is 61.5 Å². The third-order valence-corrected chi connectivity index (χ3v) is 12.6. The molecule has 84 heavy (non-hydrogen) atoms. The van der Waals surface area contributed by atoms with Crippen LogP contribution in [0.2, 0.25) is 0 Å². The monoisotopic (exact) mass is 1230 g/mol. The second-order valence-electron chi connectivity index (χ2n) is 18.7. The van der Waals surface area contributed by atoms with Crippen LogP contribution in [0.15, 0.2) is 142 Å². The molecule has 0 bridgehead atoms. The van der Waals surface area contributed by atoms with Crippen LogP contribution in [0, 0.1) is 34.2 Å². The van der Waals surface area contributed by atoms with Crippen molar-refractivity contribution in [3.63, 3.8) is 0 Å². The number of azo groups is 2. The predicted molar refractivity (Wildman–Crippen MR) is 321 cm³/mol. The Labute approximate surface area is 531 Å². The van der Waals surface area contributed by atoms with Crippen LogP contribution in [-0.2, 0) is 22.2 Å². The van der Waals surface area contributed by atoms with E-state index in [1.54, 1.807) is 48.5 Å². The average molecular weight is 1230 g/mol. The third kappa shape index (κ3) is 24.3. The average Bonchev–Trinajstić information content (AvgIpc) is 2.50. The van der Waals surface area contributed by atoms with Gasteiger partial charge in [0.05, 0.1) is 10.3 Å². The molecule has 1 heterocycles. The molecule has 1 aliphatic heterocycles. The van der Waals surface area contributed by atoms with Gasteiger partial charge in [0.25, 0.3) is 5.69 Å². The van der Waals surface area contributed by atoms with E-state index in [0.29, 0.717) is 11.4 Å². The fourth-order valence-corrected chi connectivity index (χ4v) is 8.30. The number of benzene rings is 6. The number of halogens is 1. The molecule has 4 N–H and O–H groups in total. The van der Waals surface area contributed by atoms with Gasteiger partial charge in [-0.05, 0) is 133 Å². The van der Waals surface area contributed by atoms with Crippen LogP contribution in [0.25, 0.3) is 6.08 Å². The summed E-state index contributed by atoms with van der Waals surface area (Å²) < 4.78 is 36.5. The molecule has 453 valence electrons. The maximum atomic E-state index is 10.8. The van der Waals surface area contributed by atoms with Crippen LogP contribution >= 0.6 is 0 Å². The number of aryl methyl sites for hydroxylation is 2. The number of fused-ring (bicyclic) bond motifs is 1. The molecule has 22 heteroatoms. The minimum atomic E-state index is -4.94. The summed E-state index contributed by atoms with van der Waals surface area (Å²) in [4.78, 5) is 16.5. The maximum absolute atomic E-state index is 10.8. The van der Waals surface area contributed by atoms with Gasteiger partial charge >= 0.3 is 29.6 Å². The third-order valence-electron chi connectivity index (χ3n) is 12.6. The molecule has 0 amide bonds. The SMILES string of the molecule is CC.CC.CCCC[N+]1=C(/C=C/c2ccc(N(C)C)cc2)C(C)(C)c2cc(C)ccc21.CCN(CC)c1ccc(N=Nc2cc(C)ccc2O)c(O)c1.CCN(CC)c1ccc(N=Nc2cc([N+](=O)[O-])ccc2O)c(O)c1.[Co].[Na+].[O-][Cl+3]([O-])([O-])[O-]. The Morgan fingerprint density at radius 3 is 1.42 bits per heavy atom. The Balaban J connectivity index is 0.00000114. The molecular formula is C62H84ClCoN9NaO10+. The van der Waals surface area contributed by atoms with E-state index in [4.69, 9.17) is 18.6 Å². The molecule has 0 atom stereocenters. The molecule has 0 unspecified atom stereocenters. The molecule has 7 rings (SSSR count). The van der Waals surface area contributed by atoms with Crippen molar-refractivity contribution in [3.05, 3.63) is 154 Å². The topological polar surface area (TPSA) is 278 Å². The number of hydrogen-bond acceptors (Lipinski definition) is 17. The minimum Gasteiger partial charge on any atom is -0.506 e. The summed E-state index contributed by atoms with van der Waals surface area (Å²) >= 11 is 0. The quantitative estimate of drug-likeness (QED) is 0.0218. The van der Waals surface area contributed by atoms with E-state index in [-0.39, 0.29) is 91.8 Å². The molecule has 0 fully saturated rings. The zero-order valence-corrected chi connectivity index (χ0v) is 55.3. The van der Waals surface area contributed by atoms with Gasteiger partial charge in [0.1, 0.15) is 52.3 Å². The standard InChI is InChI=1S/C25H33N2.C17H21N3O2.C16H18N4O4.2C2H6.ClHO4.Co.Na/c1-7-8-17-27-23-15-9-19(2)18-22(23)25(3,4)24(27)16-12-20-10-13-21(14-11-20)26(5)6;1-4-20(5-2)13-7-8-14(17(22)11-13)18-19-15-10-12(3)6-9-16(15)21;1-3-19(4-2)11-5-7-13(16(22)10-11)17-18-14-9-12(20(23)24)6-8-15(14)21;2*1-2;2-1(3,4)5;;/h9-16,18H,7-8,17H2,1-6H3;6-11,21-22H,4-5H2,1-3H3;5-10,21-22H,3-4H2,1-2H3;2*1-2H3;(H,2,3,4,5);;/q+1;;;;;;;+1/p-1. The van der Waals surface area contributed by atoms with Gasteiger partial charge in [0.15, 0.2) is 5.71 Å². The molecule has 19 nitrogen and oxygen atoms in total. The first-order valence-corrected chi connectivity index (χ1v) is 28.7. The first-order chi connectivity index (χ1) is 38.8. The fourth-order valence-electron chi connectivity index (χ4n) is 8.30. The van der Waals surface area contributed by atoms with Crippen LogP contribution in [-0.4, -0.2) is 82.5 Å². The molecule has 0 spiro atoms. The summed E-state index contributed by atoms with van der Waals surface area (Å²) in [5.41, 5.74) is 11.5. The first-order valence-electron chi connectivity index (χ1n) is 27.4. The van der Waals surface area contributed by atoms with Gasteiger partial charge < -0.3 is 35.1 Å². The van der Waals surface area contributed by atoms with Crippen molar-refractivity contribution in [1.29, 1.82) is 0 Å². The number of nitro groups is 1. The Morgan fingerprint density at radius 1 is 0.571 bits per heavy atom. The number of phenols is 4. The van der Waals surface area contributed by atoms with Gasteiger partial charge in [-0.3, -0.25) is 10.1 Å². The van der Waals surface area contributed by atoms with Gasteiger partial charge in [0.2, 0.25) is 5.69 Å². The van der Waals surface area contributed by atoms with E-state index in [2.05, 4.69) is 150 Å². The fraction of sp³-hybridized carbons (Fsp3) is 0.371. The summed E-state index contributed by atoms with van der Waals surface area (Å²) in [6.45, 7) is 31.6. The number of anilines is 3. The molecular weight excluding hydrogens is 1150 g/mol. The maximum Gasteiger partial charge on any atom is 1.00 e. The number of allylic oxidation sites excluding steroid dienone is 1. The summed E-state index contributed by atoms with van der Waals surface area (Å²) in [7, 11) is -0.793. The van der Waals surface area contributed by atoms with E-state index in [1.807, 2.05) is 54.5 Å². The number of phenolic OH excluding ortho intramolecular Hbond substituents is 4. The van der Waals surface area contributed by atoms with Crippen LogP contribution < -0.4 is 62.9 Å². The Bertz CT molecular complexity index is 3090. The normalized spacial score (nSPS) is 11.8. The molecule has 6 aromatic rings. The molecule has 0 saturated carbocycles. The number of hydrogen-bond donors (Lipinski definition) is 4. The molecule has 0 aliphatic carbocycles. The summed E-state index contributed by atoms with van der Waals surface area (Å²) in [5.74, 6) is -0.162. The molecule has 0 saturated heterocycles. The summed E-state index contributed by atoms with van der Waals surface area (Å²) in [6, 6.07) is 34.5. The second-order valence-corrected chi connectivity index (χ2v) is 19.5. The van der Waals surface area contributed by atoms with Crippen molar-refractivity contribution in [3.8, 4) is 23.0 Å². The van der Waals surface area contributed by atoms with Crippen molar-refractivity contribution < 1.29 is 105 Å². The Hall–Kier alpha value is -6.43. The zero-order valence-electron chi connectivity index (χ0n) is 51.5. The van der Waals surface area contributed by atoms with Crippen molar-refractivity contribution >= 4 is 63.0 Å². The number of non-ortho nitro benzene ring substituents is 1. The smallest absolute Gasteiger partial charge is 0.506 e. The van der Waals surface area contributed by atoms with Gasteiger partial charge in [0, 0.05) is 123 Å². The predicted octanol–water partition coefficient (Wildman–Crippen LogP) is 9.18. The van der Waals surface area contributed by atoms with Crippen molar-refractivity contribution in [2.45, 2.75) is 108 Å². The molecule has 1 radical (unpaired) electrons. The summed E-state index contributed by atoms with van der Waals surface area (Å²) in [5, 5.41) is 66.1. The number of nitrogens with zero attached hydrogens (tertiary/aromatic N) is 9. The van der Waals surface area contributed by atoms with Crippen LogP contribution in [0.5, 0.6) is 23.0 Å². The second kappa shape index (κ2) is 38.5. The van der Waals surface area contributed by atoms with E-state index in [9.17, 15) is 30.5 Å². The molecule has 1 aliphatic rings. The number of aromatic hydroxyl groups is 4. The van der Waals surface area contributed by atoms with E-state index < -0.39 is 15.2 Å². The van der Waals surface area contributed by atoms with Crippen molar-refractivity contribution in [2.24, 2.45) is 20.5 Å². The zero-order chi connectivity index (χ0) is 61.9. The van der Waals surface area contributed by atoms with Crippen molar-refractivity contribution in [1.82, 2.24) is 0 Å². The van der Waals surface area contributed by atoms with Crippen LogP contribution in [0.4, 0.5) is 51.2 Å². The Morgan fingerprint density at radius 2 is 0.988 bits per heavy atom. The number of nitro benzene ring substituents is 1.